The van der Waals surface area contributed by atoms with Crippen LogP contribution in [0.2, 0.25) is 0 Å². The molecule has 2 aromatic carbocycles. The predicted octanol–water partition coefficient (Wildman–Crippen LogP) is 5.16. The number of rotatable bonds is 7. The van der Waals surface area contributed by atoms with E-state index >= 15 is 0 Å². The molecule has 0 spiro atoms. The number of aromatic nitrogens is 4. The number of benzene rings is 2. The van der Waals surface area contributed by atoms with Gasteiger partial charge >= 0.3 is 0 Å². The first-order chi connectivity index (χ1) is 17.0. The molecule has 0 fully saturated rings. The van der Waals surface area contributed by atoms with Crippen molar-refractivity contribution in [2.45, 2.75) is 18.4 Å². The zero-order chi connectivity index (χ0) is 24.3. The molecule has 0 saturated carbocycles. The maximum atomic E-state index is 12.4. The molecule has 174 valence electrons. The average Bonchev–Trinajstić information content (AvgIpc) is 2.92. The van der Waals surface area contributed by atoms with Crippen molar-refractivity contribution in [3.63, 3.8) is 0 Å². The van der Waals surface area contributed by atoms with Gasteiger partial charge in [0.15, 0.2) is 15.7 Å². The van der Waals surface area contributed by atoms with Crippen LogP contribution in [0.3, 0.4) is 0 Å². The summed E-state index contributed by atoms with van der Waals surface area (Å²) in [5, 5.41) is 4.31. The Morgan fingerprint density at radius 2 is 1.69 bits per heavy atom. The van der Waals surface area contributed by atoms with Crippen LogP contribution in [0.15, 0.2) is 96.3 Å². The Morgan fingerprint density at radius 3 is 2.46 bits per heavy atom. The quantitative estimate of drug-likeness (QED) is 0.343. The average molecular weight is 482 g/mol. The minimum atomic E-state index is -3.41. The lowest BCUT2D eigenvalue weighted by molar-refractivity contribution is 0.597. The SMILES string of the molecule is CCS(=O)(=O)c1cncc(-c2nc(NCc3ccccn3)c3c(-c4ccccc4)cccc3n2)c1. The second kappa shape index (κ2) is 9.60. The minimum absolute atomic E-state index is 0.00592. The topological polar surface area (TPSA) is 97.7 Å². The summed E-state index contributed by atoms with van der Waals surface area (Å²) in [5.41, 5.74) is 4.19. The molecule has 0 amide bonds. The molecule has 3 aromatic heterocycles. The first kappa shape index (κ1) is 22.6. The Balaban J connectivity index is 1.68. The van der Waals surface area contributed by atoms with E-state index in [4.69, 9.17) is 9.97 Å². The van der Waals surface area contributed by atoms with Gasteiger partial charge in [0.2, 0.25) is 0 Å². The molecule has 35 heavy (non-hydrogen) atoms. The van der Waals surface area contributed by atoms with Crippen molar-refractivity contribution in [3.8, 4) is 22.5 Å². The van der Waals surface area contributed by atoms with E-state index in [9.17, 15) is 8.42 Å². The summed E-state index contributed by atoms with van der Waals surface area (Å²) in [4.78, 5) is 18.3. The Kier molecular flexibility index (Phi) is 6.20. The van der Waals surface area contributed by atoms with Crippen LogP contribution < -0.4 is 5.32 Å². The first-order valence-electron chi connectivity index (χ1n) is 11.2. The molecule has 0 aliphatic carbocycles. The number of sulfone groups is 1. The monoisotopic (exact) mass is 481 g/mol. The van der Waals surface area contributed by atoms with E-state index in [1.165, 1.54) is 6.20 Å². The van der Waals surface area contributed by atoms with E-state index < -0.39 is 9.84 Å². The molecule has 8 heteroatoms. The van der Waals surface area contributed by atoms with Crippen LogP contribution in [-0.4, -0.2) is 34.1 Å². The molecule has 3 heterocycles. The zero-order valence-corrected chi connectivity index (χ0v) is 19.9. The van der Waals surface area contributed by atoms with Crippen LogP contribution in [0.25, 0.3) is 33.4 Å². The molecule has 0 atom stereocenters. The highest BCUT2D eigenvalue weighted by Crippen LogP contribution is 2.34. The van der Waals surface area contributed by atoms with Crippen molar-refractivity contribution in [3.05, 3.63) is 97.1 Å². The van der Waals surface area contributed by atoms with Crippen LogP contribution in [0.4, 0.5) is 5.82 Å². The third kappa shape index (κ3) is 4.74. The number of nitrogens with zero attached hydrogens (tertiary/aromatic N) is 4. The summed E-state index contributed by atoms with van der Waals surface area (Å²) in [7, 11) is -3.41. The Morgan fingerprint density at radius 1 is 0.857 bits per heavy atom. The number of fused-ring (bicyclic) bond motifs is 1. The van der Waals surface area contributed by atoms with Crippen LogP contribution in [0.5, 0.6) is 0 Å². The molecule has 0 aliphatic heterocycles. The maximum Gasteiger partial charge on any atom is 0.179 e. The normalized spacial score (nSPS) is 11.5. The van der Waals surface area contributed by atoms with Gasteiger partial charge in [-0.25, -0.2) is 18.4 Å². The first-order valence-corrected chi connectivity index (χ1v) is 12.9. The predicted molar refractivity (Wildman–Crippen MR) is 137 cm³/mol. The number of nitrogens with one attached hydrogen (secondary N) is 1. The highest BCUT2D eigenvalue weighted by Gasteiger charge is 2.17. The van der Waals surface area contributed by atoms with Gasteiger partial charge in [-0.2, -0.15) is 0 Å². The van der Waals surface area contributed by atoms with Gasteiger partial charge < -0.3 is 5.32 Å². The lowest BCUT2D eigenvalue weighted by atomic mass is 10.0. The summed E-state index contributed by atoms with van der Waals surface area (Å²) in [6.45, 7) is 2.08. The molecular formula is C27H23N5O2S. The smallest absolute Gasteiger partial charge is 0.179 e. The van der Waals surface area contributed by atoms with Crippen molar-refractivity contribution >= 4 is 26.6 Å². The third-order valence-corrected chi connectivity index (χ3v) is 7.38. The molecule has 5 rings (SSSR count). The number of anilines is 1. The van der Waals surface area contributed by atoms with Gasteiger partial charge in [0.05, 0.1) is 33.8 Å². The number of hydrogen-bond donors (Lipinski definition) is 1. The van der Waals surface area contributed by atoms with E-state index in [0.717, 1.165) is 27.7 Å². The summed E-state index contributed by atoms with van der Waals surface area (Å²) in [6, 6.07) is 23.3. The Labute approximate surface area is 203 Å². The van der Waals surface area contributed by atoms with Gasteiger partial charge in [-0.1, -0.05) is 55.5 Å². The fourth-order valence-corrected chi connectivity index (χ4v) is 4.71. The van der Waals surface area contributed by atoms with Crippen LogP contribution in [0.1, 0.15) is 12.6 Å². The largest absolute Gasteiger partial charge is 0.364 e. The number of hydrogen-bond acceptors (Lipinski definition) is 7. The molecule has 0 unspecified atom stereocenters. The molecule has 5 aromatic rings. The lowest BCUT2D eigenvalue weighted by Crippen LogP contribution is -2.07. The van der Waals surface area contributed by atoms with Gasteiger partial charge in [0.1, 0.15) is 5.82 Å². The van der Waals surface area contributed by atoms with E-state index in [1.807, 2.05) is 66.7 Å². The van der Waals surface area contributed by atoms with Crippen molar-refractivity contribution in [2.75, 3.05) is 11.1 Å². The van der Waals surface area contributed by atoms with E-state index in [-0.39, 0.29) is 10.6 Å². The van der Waals surface area contributed by atoms with Crippen LogP contribution >= 0.6 is 0 Å². The molecule has 0 radical (unpaired) electrons. The van der Waals surface area contributed by atoms with Crippen molar-refractivity contribution in [1.82, 2.24) is 19.9 Å². The Bertz CT molecular complexity index is 1590. The second-order valence-corrected chi connectivity index (χ2v) is 10.2. The highest BCUT2D eigenvalue weighted by molar-refractivity contribution is 7.91. The molecule has 7 nitrogen and oxygen atoms in total. The van der Waals surface area contributed by atoms with Crippen molar-refractivity contribution < 1.29 is 8.42 Å². The molecule has 0 aliphatic rings. The molecule has 0 bridgehead atoms. The lowest BCUT2D eigenvalue weighted by Gasteiger charge is -2.14. The van der Waals surface area contributed by atoms with Crippen molar-refractivity contribution in [2.24, 2.45) is 0 Å². The third-order valence-electron chi connectivity index (χ3n) is 5.68. The summed E-state index contributed by atoms with van der Waals surface area (Å²) in [6.07, 6.45) is 4.69. The van der Waals surface area contributed by atoms with Crippen LogP contribution in [-0.2, 0) is 16.4 Å². The highest BCUT2D eigenvalue weighted by atomic mass is 32.2. The van der Waals surface area contributed by atoms with E-state index in [2.05, 4.69) is 15.3 Å². The van der Waals surface area contributed by atoms with Gasteiger partial charge in [-0.05, 0) is 35.4 Å². The van der Waals surface area contributed by atoms with Gasteiger partial charge in [-0.15, -0.1) is 0 Å². The van der Waals surface area contributed by atoms with Gasteiger partial charge in [-0.3, -0.25) is 9.97 Å². The van der Waals surface area contributed by atoms with E-state index in [0.29, 0.717) is 23.8 Å². The zero-order valence-electron chi connectivity index (χ0n) is 19.1. The Hall–Kier alpha value is -4.17. The number of pyridine rings is 2. The van der Waals surface area contributed by atoms with Crippen LogP contribution in [0, 0.1) is 0 Å². The van der Waals surface area contributed by atoms with Crippen molar-refractivity contribution in [1.29, 1.82) is 0 Å². The van der Waals surface area contributed by atoms with Gasteiger partial charge in [0.25, 0.3) is 0 Å². The maximum absolute atomic E-state index is 12.4. The van der Waals surface area contributed by atoms with Gasteiger partial charge in [0, 0.05) is 24.2 Å². The summed E-state index contributed by atoms with van der Waals surface area (Å²) in [5.74, 6) is 1.03. The van der Waals surface area contributed by atoms with E-state index in [1.54, 1.807) is 25.4 Å². The second-order valence-electron chi connectivity index (χ2n) is 7.95. The fraction of sp³-hybridized carbons (Fsp3) is 0.111. The standard InChI is InChI=1S/C27H23N5O2S/c1-2-35(33,34)22-15-20(16-28-18-22)26-31-24-13-8-12-23(19-9-4-3-5-10-19)25(24)27(32-26)30-17-21-11-6-7-14-29-21/h3-16,18H,2,17H2,1H3,(H,30,31,32). The summed E-state index contributed by atoms with van der Waals surface area (Å²) < 4.78 is 24.8. The summed E-state index contributed by atoms with van der Waals surface area (Å²) >= 11 is 0. The fourth-order valence-electron chi connectivity index (χ4n) is 3.85. The molecular weight excluding hydrogens is 458 g/mol. The molecule has 0 saturated heterocycles. The minimum Gasteiger partial charge on any atom is -0.364 e. The molecule has 1 N–H and O–H groups in total.